The Morgan fingerprint density at radius 1 is 1.27 bits per heavy atom. The predicted molar refractivity (Wildman–Crippen MR) is 134 cm³/mol. The molecule has 0 unspecified atom stereocenters. The van der Waals surface area contributed by atoms with Gasteiger partial charge in [0, 0.05) is 42.8 Å². The maximum Gasteiger partial charge on any atom is 0.241 e. The highest BCUT2D eigenvalue weighted by Gasteiger charge is 2.40. The van der Waals surface area contributed by atoms with Gasteiger partial charge in [-0.15, -0.1) is 0 Å². The van der Waals surface area contributed by atoms with E-state index in [1.165, 1.54) is 0 Å². The van der Waals surface area contributed by atoms with Crippen LogP contribution < -0.4 is 16.0 Å². The topological polar surface area (TPSA) is 98.9 Å². The van der Waals surface area contributed by atoms with Gasteiger partial charge in [0.05, 0.1) is 12.6 Å². The van der Waals surface area contributed by atoms with Crippen molar-refractivity contribution >= 4 is 17.5 Å². The van der Waals surface area contributed by atoms with Crippen LogP contribution in [0.4, 0.5) is 5.69 Å². The van der Waals surface area contributed by atoms with Gasteiger partial charge in [0.25, 0.3) is 0 Å². The standard InChI is InChI=1S/C26H44N4O3/c1-8-19-11-9-10-12-21(19)30-17-26(6,7)29(15-23(30)32)14-20(27)22(31)13-18(2)24(33)28-16-25(3,4)5/h9-12,18,20,22,31H,8,13-17,27H2,1-7H3,(H,28,33)/t18-,20+,22+/m1/s1. The molecule has 4 N–H and O–H groups in total. The Morgan fingerprint density at radius 2 is 1.91 bits per heavy atom. The van der Waals surface area contributed by atoms with Crippen molar-refractivity contribution in [3.05, 3.63) is 29.8 Å². The molecular formula is C26H44N4O3. The van der Waals surface area contributed by atoms with Crippen LogP contribution in [-0.2, 0) is 16.0 Å². The molecule has 1 heterocycles. The Labute approximate surface area is 199 Å². The van der Waals surface area contributed by atoms with Crippen molar-refractivity contribution in [3.63, 3.8) is 0 Å². The number of piperazine rings is 1. The number of hydrogen-bond acceptors (Lipinski definition) is 5. The number of aliphatic hydroxyl groups excluding tert-OH is 1. The molecule has 1 aromatic carbocycles. The third-order valence-electron chi connectivity index (χ3n) is 6.45. The summed E-state index contributed by atoms with van der Waals surface area (Å²) in [6.45, 7) is 16.1. The smallest absolute Gasteiger partial charge is 0.241 e. The molecule has 2 rings (SSSR count). The Morgan fingerprint density at radius 3 is 2.52 bits per heavy atom. The molecule has 0 bridgehead atoms. The first-order valence-corrected chi connectivity index (χ1v) is 12.1. The second-order valence-corrected chi connectivity index (χ2v) is 11.3. The summed E-state index contributed by atoms with van der Waals surface area (Å²) in [5, 5.41) is 13.6. The van der Waals surface area contributed by atoms with Crippen LogP contribution in [0.1, 0.15) is 60.5 Å². The zero-order valence-corrected chi connectivity index (χ0v) is 21.5. The number of amides is 2. The molecule has 1 fully saturated rings. The first kappa shape index (κ1) is 27.3. The molecule has 1 aromatic rings. The number of carbonyl (C=O) groups is 2. The lowest BCUT2D eigenvalue weighted by atomic mass is 9.93. The van der Waals surface area contributed by atoms with E-state index in [9.17, 15) is 14.7 Å². The van der Waals surface area contributed by atoms with Gasteiger partial charge in [-0.3, -0.25) is 14.5 Å². The fourth-order valence-electron chi connectivity index (χ4n) is 4.19. The van der Waals surface area contributed by atoms with Gasteiger partial charge in [0.2, 0.25) is 11.8 Å². The van der Waals surface area contributed by atoms with Crippen LogP contribution >= 0.6 is 0 Å². The predicted octanol–water partition coefficient (Wildman–Crippen LogP) is 2.55. The molecule has 0 saturated carbocycles. The molecule has 1 saturated heterocycles. The maximum absolute atomic E-state index is 13.1. The molecule has 33 heavy (non-hydrogen) atoms. The number of benzene rings is 1. The molecular weight excluding hydrogens is 416 g/mol. The van der Waals surface area contributed by atoms with E-state index in [4.69, 9.17) is 5.73 Å². The highest BCUT2D eigenvalue weighted by Crippen LogP contribution is 2.29. The van der Waals surface area contributed by atoms with E-state index in [0.29, 0.717) is 19.6 Å². The first-order valence-electron chi connectivity index (χ1n) is 12.1. The molecule has 186 valence electrons. The van der Waals surface area contributed by atoms with Crippen molar-refractivity contribution < 1.29 is 14.7 Å². The normalized spacial score (nSPS) is 19.8. The molecule has 0 aliphatic carbocycles. The number of nitrogens with one attached hydrogen (secondary N) is 1. The minimum Gasteiger partial charge on any atom is -0.391 e. The molecule has 1 aliphatic heterocycles. The quantitative estimate of drug-likeness (QED) is 0.526. The van der Waals surface area contributed by atoms with Gasteiger partial charge >= 0.3 is 0 Å². The Balaban J connectivity index is 1.98. The van der Waals surface area contributed by atoms with E-state index in [-0.39, 0.29) is 41.7 Å². The first-order chi connectivity index (χ1) is 15.2. The largest absolute Gasteiger partial charge is 0.391 e. The minimum absolute atomic E-state index is 0.00229. The molecule has 0 aromatic heterocycles. The zero-order chi connectivity index (χ0) is 25.0. The number of hydrogen-bond donors (Lipinski definition) is 3. The highest BCUT2D eigenvalue weighted by atomic mass is 16.3. The Kier molecular flexibility index (Phi) is 9.08. The highest BCUT2D eigenvalue weighted by molar-refractivity contribution is 5.96. The van der Waals surface area contributed by atoms with Gasteiger partial charge in [-0.05, 0) is 43.7 Å². The SMILES string of the molecule is CCc1ccccc1N1CC(C)(C)N(C[C@H](N)[C@@H](O)C[C@@H](C)C(=O)NCC(C)(C)C)CC1=O. The number of para-hydroxylation sites is 1. The number of aliphatic hydroxyl groups is 1. The van der Waals surface area contributed by atoms with Crippen LogP contribution in [0.5, 0.6) is 0 Å². The van der Waals surface area contributed by atoms with Crippen LogP contribution in [-0.4, -0.2) is 65.7 Å². The number of nitrogens with zero attached hydrogens (tertiary/aromatic N) is 2. The summed E-state index contributed by atoms with van der Waals surface area (Å²) in [5.41, 5.74) is 8.17. The summed E-state index contributed by atoms with van der Waals surface area (Å²) in [6, 6.07) is 7.48. The van der Waals surface area contributed by atoms with Crippen LogP contribution in [0.3, 0.4) is 0 Å². The van der Waals surface area contributed by atoms with Crippen LogP contribution in [0.25, 0.3) is 0 Å². The Bertz CT molecular complexity index is 818. The molecule has 0 spiro atoms. The molecule has 2 amide bonds. The summed E-state index contributed by atoms with van der Waals surface area (Å²) < 4.78 is 0. The van der Waals surface area contributed by atoms with Gasteiger partial charge in [0.15, 0.2) is 0 Å². The molecule has 7 heteroatoms. The van der Waals surface area contributed by atoms with Crippen molar-refractivity contribution in [2.24, 2.45) is 17.1 Å². The number of anilines is 1. The van der Waals surface area contributed by atoms with Gasteiger partial charge < -0.3 is 21.1 Å². The Hall–Kier alpha value is -1.96. The lowest BCUT2D eigenvalue weighted by Gasteiger charge is -2.48. The third-order valence-corrected chi connectivity index (χ3v) is 6.45. The summed E-state index contributed by atoms with van der Waals surface area (Å²) in [6.07, 6.45) is 0.322. The number of carbonyl (C=O) groups excluding carboxylic acids is 2. The average molecular weight is 461 g/mol. The van der Waals surface area contributed by atoms with Crippen LogP contribution in [0, 0.1) is 11.3 Å². The average Bonchev–Trinajstić information content (AvgIpc) is 2.73. The summed E-state index contributed by atoms with van der Waals surface area (Å²) in [7, 11) is 0. The summed E-state index contributed by atoms with van der Waals surface area (Å²) in [4.78, 5) is 29.4. The second kappa shape index (κ2) is 11.0. The lowest BCUT2D eigenvalue weighted by Crippen LogP contribution is -2.64. The van der Waals surface area contributed by atoms with Crippen LogP contribution in [0.2, 0.25) is 0 Å². The van der Waals surface area contributed by atoms with Crippen molar-refractivity contribution in [3.8, 4) is 0 Å². The number of rotatable bonds is 9. The van der Waals surface area contributed by atoms with Gasteiger partial charge in [0.1, 0.15) is 0 Å². The monoisotopic (exact) mass is 460 g/mol. The summed E-state index contributed by atoms with van der Waals surface area (Å²) >= 11 is 0. The molecule has 1 aliphatic rings. The fraction of sp³-hybridized carbons (Fsp3) is 0.692. The molecule has 7 nitrogen and oxygen atoms in total. The van der Waals surface area contributed by atoms with E-state index in [0.717, 1.165) is 17.7 Å². The van der Waals surface area contributed by atoms with Crippen molar-refractivity contribution in [1.29, 1.82) is 0 Å². The van der Waals surface area contributed by atoms with Crippen molar-refractivity contribution in [2.75, 3.05) is 31.1 Å². The minimum atomic E-state index is -0.829. The molecule has 3 atom stereocenters. The third kappa shape index (κ3) is 7.52. The van der Waals surface area contributed by atoms with E-state index in [2.05, 4.69) is 57.8 Å². The lowest BCUT2D eigenvalue weighted by molar-refractivity contribution is -0.126. The van der Waals surface area contributed by atoms with Crippen molar-refractivity contribution in [1.82, 2.24) is 10.2 Å². The van der Waals surface area contributed by atoms with E-state index < -0.39 is 12.1 Å². The fourth-order valence-corrected chi connectivity index (χ4v) is 4.19. The summed E-state index contributed by atoms with van der Waals surface area (Å²) in [5.74, 6) is -0.382. The number of nitrogens with two attached hydrogens (primary N) is 1. The molecule has 0 radical (unpaired) electrons. The van der Waals surface area contributed by atoms with E-state index >= 15 is 0 Å². The number of aryl methyl sites for hydroxylation is 1. The van der Waals surface area contributed by atoms with Gasteiger partial charge in [-0.1, -0.05) is 52.8 Å². The van der Waals surface area contributed by atoms with Crippen LogP contribution in [0.15, 0.2) is 24.3 Å². The maximum atomic E-state index is 13.1. The van der Waals surface area contributed by atoms with Gasteiger partial charge in [-0.25, -0.2) is 0 Å². The van der Waals surface area contributed by atoms with Gasteiger partial charge in [-0.2, -0.15) is 0 Å². The second-order valence-electron chi connectivity index (χ2n) is 11.3. The van der Waals surface area contributed by atoms with E-state index in [1.54, 1.807) is 0 Å². The van der Waals surface area contributed by atoms with Crippen molar-refractivity contribution in [2.45, 2.75) is 79.0 Å². The zero-order valence-electron chi connectivity index (χ0n) is 21.5. The van der Waals surface area contributed by atoms with E-state index in [1.807, 2.05) is 30.0 Å².